The first-order valence-electron chi connectivity index (χ1n) is 8.63. The van der Waals surface area contributed by atoms with Crippen LogP contribution in [0.25, 0.3) is 0 Å². The second-order valence-corrected chi connectivity index (χ2v) is 8.46. The number of pyridine rings is 1. The molecule has 0 unspecified atom stereocenters. The minimum Gasteiger partial charge on any atom is -0.503 e. The Bertz CT molecular complexity index is 783. The van der Waals surface area contributed by atoms with Crippen molar-refractivity contribution in [1.82, 2.24) is 4.98 Å². The van der Waals surface area contributed by atoms with E-state index < -0.39 is 5.91 Å². The van der Waals surface area contributed by atoms with Gasteiger partial charge in [-0.2, -0.15) is 0 Å². The Morgan fingerprint density at radius 3 is 2.04 bits per heavy atom. The summed E-state index contributed by atoms with van der Waals surface area (Å²) in [4.78, 5) is 16.6. The Hall–Kier alpha value is -2.56. The quantitative estimate of drug-likeness (QED) is 0.840. The number of hydrogen-bond donors (Lipinski definition) is 2. The molecule has 0 radical (unpaired) electrons. The number of amides is 1. The Morgan fingerprint density at radius 2 is 1.58 bits per heavy atom. The molecule has 26 heavy (non-hydrogen) atoms. The van der Waals surface area contributed by atoms with Crippen molar-refractivity contribution >= 4 is 11.6 Å². The fraction of sp³-hybridized carbons (Fsp3) is 0.429. The normalized spacial score (nSPS) is 12.0. The molecule has 0 spiro atoms. The van der Waals surface area contributed by atoms with E-state index in [-0.39, 0.29) is 28.0 Å². The minimum atomic E-state index is -0.479. The summed E-state index contributed by atoms with van der Waals surface area (Å²) in [6.07, 6.45) is 1.43. The number of nitrogens with zero attached hydrogens (tertiary/aromatic N) is 1. The second kappa shape index (κ2) is 6.98. The summed E-state index contributed by atoms with van der Waals surface area (Å²) in [5, 5.41) is 13.0. The van der Waals surface area contributed by atoms with E-state index >= 15 is 0 Å². The van der Waals surface area contributed by atoms with E-state index in [4.69, 9.17) is 4.74 Å². The minimum absolute atomic E-state index is 0.0584. The number of aromatic hydroxyl groups is 1. The fourth-order valence-corrected chi connectivity index (χ4v) is 2.52. The summed E-state index contributed by atoms with van der Waals surface area (Å²) in [6.45, 7) is 12.8. The molecule has 0 saturated carbocycles. The second-order valence-electron chi connectivity index (χ2n) is 8.46. The maximum atomic E-state index is 12.6. The molecule has 0 aliphatic carbocycles. The first kappa shape index (κ1) is 19.8. The van der Waals surface area contributed by atoms with E-state index in [2.05, 4.69) is 57.9 Å². The molecule has 140 valence electrons. The Labute approximate surface area is 155 Å². The highest BCUT2D eigenvalue weighted by Crippen LogP contribution is 2.33. The van der Waals surface area contributed by atoms with Crippen LogP contribution < -0.4 is 10.1 Å². The van der Waals surface area contributed by atoms with Gasteiger partial charge in [-0.15, -0.1) is 0 Å². The van der Waals surface area contributed by atoms with Crippen LogP contribution in [0.15, 0.2) is 30.5 Å². The highest BCUT2D eigenvalue weighted by atomic mass is 16.5. The van der Waals surface area contributed by atoms with E-state index in [1.54, 1.807) is 0 Å². The summed E-state index contributed by atoms with van der Waals surface area (Å²) in [6, 6.07) is 7.61. The maximum absolute atomic E-state index is 12.6. The molecule has 2 rings (SSSR count). The van der Waals surface area contributed by atoms with Gasteiger partial charge in [-0.3, -0.25) is 4.79 Å². The van der Waals surface area contributed by atoms with Crippen LogP contribution in [0.3, 0.4) is 0 Å². The van der Waals surface area contributed by atoms with Gasteiger partial charge in [-0.25, -0.2) is 4.98 Å². The number of hydrogen-bond acceptors (Lipinski definition) is 4. The average molecular weight is 356 g/mol. The SMILES string of the molecule is COc1ccnc(C(=O)Nc2cc(C(C)(C)C)cc(C(C)(C)C)c2)c1O. The van der Waals surface area contributed by atoms with Crippen molar-refractivity contribution in [2.75, 3.05) is 12.4 Å². The van der Waals surface area contributed by atoms with Crippen molar-refractivity contribution in [3.05, 3.63) is 47.3 Å². The third-order valence-electron chi connectivity index (χ3n) is 4.25. The van der Waals surface area contributed by atoms with Crippen molar-refractivity contribution < 1.29 is 14.6 Å². The molecule has 2 aromatic rings. The number of nitrogens with one attached hydrogen (secondary N) is 1. The number of methoxy groups -OCH3 is 1. The fourth-order valence-electron chi connectivity index (χ4n) is 2.52. The molecule has 0 atom stereocenters. The van der Waals surface area contributed by atoms with Crippen molar-refractivity contribution in [3.63, 3.8) is 0 Å². The number of rotatable bonds is 3. The molecule has 5 nitrogen and oxygen atoms in total. The van der Waals surface area contributed by atoms with Crippen LogP contribution in [-0.4, -0.2) is 23.1 Å². The van der Waals surface area contributed by atoms with Crippen LogP contribution in [-0.2, 0) is 10.8 Å². The molecule has 1 aromatic carbocycles. The first-order chi connectivity index (χ1) is 11.9. The first-order valence-corrected chi connectivity index (χ1v) is 8.63. The predicted octanol–water partition coefficient (Wildman–Crippen LogP) is 4.64. The monoisotopic (exact) mass is 356 g/mol. The summed E-state index contributed by atoms with van der Waals surface area (Å²) in [7, 11) is 1.43. The van der Waals surface area contributed by atoms with Crippen LogP contribution in [0, 0.1) is 0 Å². The van der Waals surface area contributed by atoms with Gasteiger partial charge >= 0.3 is 0 Å². The van der Waals surface area contributed by atoms with E-state index in [1.165, 1.54) is 19.4 Å². The van der Waals surface area contributed by atoms with Gasteiger partial charge in [0.15, 0.2) is 17.2 Å². The molecule has 0 bridgehead atoms. The number of ether oxygens (including phenoxy) is 1. The third kappa shape index (κ3) is 4.34. The summed E-state index contributed by atoms with van der Waals surface area (Å²) >= 11 is 0. The highest BCUT2D eigenvalue weighted by molar-refractivity contribution is 6.05. The van der Waals surface area contributed by atoms with E-state index in [0.717, 1.165) is 11.1 Å². The van der Waals surface area contributed by atoms with Crippen molar-refractivity contribution in [1.29, 1.82) is 0 Å². The Kier molecular flexibility index (Phi) is 5.31. The average Bonchev–Trinajstić information content (AvgIpc) is 2.53. The molecule has 1 aromatic heterocycles. The lowest BCUT2D eigenvalue weighted by molar-refractivity contribution is 0.101. The molecule has 1 amide bonds. The van der Waals surface area contributed by atoms with E-state index in [0.29, 0.717) is 5.69 Å². The van der Waals surface area contributed by atoms with Crippen LogP contribution in [0.4, 0.5) is 5.69 Å². The van der Waals surface area contributed by atoms with Crippen molar-refractivity contribution in [3.8, 4) is 11.5 Å². The molecule has 2 N–H and O–H groups in total. The summed E-state index contributed by atoms with van der Waals surface area (Å²) in [5.74, 6) is -0.535. The lowest BCUT2D eigenvalue weighted by Gasteiger charge is -2.26. The molecule has 0 aliphatic rings. The molecule has 0 aliphatic heterocycles. The van der Waals surface area contributed by atoms with Gasteiger partial charge in [0, 0.05) is 18.0 Å². The lowest BCUT2D eigenvalue weighted by Crippen LogP contribution is -2.19. The summed E-state index contributed by atoms with van der Waals surface area (Å²) < 4.78 is 5.04. The zero-order valence-electron chi connectivity index (χ0n) is 16.6. The molecule has 0 fully saturated rings. The Balaban J connectivity index is 2.44. The molecule has 1 heterocycles. The summed E-state index contributed by atoms with van der Waals surface area (Å²) in [5.41, 5.74) is 2.75. The topological polar surface area (TPSA) is 71.5 Å². The van der Waals surface area contributed by atoms with Crippen LogP contribution in [0.5, 0.6) is 11.5 Å². The molecule has 5 heteroatoms. The number of benzene rings is 1. The van der Waals surface area contributed by atoms with Crippen LogP contribution in [0.2, 0.25) is 0 Å². The standard InChI is InChI=1S/C21H28N2O3/c1-20(2,3)13-10-14(21(4,5)6)12-15(11-13)23-19(25)17-18(24)16(26-7)8-9-22-17/h8-12,24H,1-7H3,(H,23,25). The van der Waals surface area contributed by atoms with Gasteiger partial charge in [0.05, 0.1) is 7.11 Å². The maximum Gasteiger partial charge on any atom is 0.278 e. The van der Waals surface area contributed by atoms with Gasteiger partial charge in [0.25, 0.3) is 5.91 Å². The number of aromatic nitrogens is 1. The lowest BCUT2D eigenvalue weighted by atomic mass is 9.80. The highest BCUT2D eigenvalue weighted by Gasteiger charge is 2.22. The van der Waals surface area contributed by atoms with Gasteiger partial charge in [-0.1, -0.05) is 47.6 Å². The number of anilines is 1. The zero-order chi connectivity index (χ0) is 19.7. The largest absolute Gasteiger partial charge is 0.503 e. The third-order valence-corrected chi connectivity index (χ3v) is 4.25. The predicted molar refractivity (Wildman–Crippen MR) is 104 cm³/mol. The van der Waals surface area contributed by atoms with Crippen LogP contribution in [0.1, 0.15) is 63.2 Å². The van der Waals surface area contributed by atoms with Gasteiger partial charge in [0.2, 0.25) is 0 Å². The Morgan fingerprint density at radius 1 is 1.04 bits per heavy atom. The zero-order valence-corrected chi connectivity index (χ0v) is 16.6. The van der Waals surface area contributed by atoms with Gasteiger partial charge < -0.3 is 15.2 Å². The number of carbonyl (C=O) groups excluding carboxylic acids is 1. The van der Waals surface area contributed by atoms with Crippen LogP contribution >= 0.6 is 0 Å². The molecular weight excluding hydrogens is 328 g/mol. The van der Waals surface area contributed by atoms with Gasteiger partial charge in [0.1, 0.15) is 0 Å². The molecule has 0 saturated heterocycles. The van der Waals surface area contributed by atoms with Gasteiger partial charge in [-0.05, 0) is 34.1 Å². The molecular formula is C21H28N2O3. The van der Waals surface area contributed by atoms with Crippen molar-refractivity contribution in [2.24, 2.45) is 0 Å². The van der Waals surface area contributed by atoms with E-state index in [1.807, 2.05) is 12.1 Å². The smallest absolute Gasteiger partial charge is 0.278 e. The van der Waals surface area contributed by atoms with Crippen molar-refractivity contribution in [2.45, 2.75) is 52.4 Å². The van der Waals surface area contributed by atoms with E-state index in [9.17, 15) is 9.90 Å². The number of carbonyl (C=O) groups is 1.